The van der Waals surface area contributed by atoms with E-state index in [4.69, 9.17) is 0 Å². The van der Waals surface area contributed by atoms with Gasteiger partial charge in [-0.2, -0.15) is 5.10 Å². The summed E-state index contributed by atoms with van der Waals surface area (Å²) in [5.74, 6) is 1.45. The van der Waals surface area contributed by atoms with E-state index in [9.17, 15) is 4.79 Å². The quantitative estimate of drug-likeness (QED) is 0.777. The third-order valence-corrected chi connectivity index (χ3v) is 4.76. The SMILES string of the molecule is Cc1nc2ccc(CC(=O)N3CCC[C@@H](c4ccn[nH]4)C3)cc2[nH]1. The topological polar surface area (TPSA) is 77.7 Å². The molecular weight excluding hydrogens is 302 g/mol. The number of nitrogens with zero attached hydrogens (tertiary/aromatic N) is 3. The Bertz CT molecular complexity index is 852. The number of likely N-dealkylation sites (tertiary alicyclic amines) is 1. The lowest BCUT2D eigenvalue weighted by Crippen LogP contribution is -2.40. The molecule has 6 heteroatoms. The van der Waals surface area contributed by atoms with Gasteiger partial charge in [-0.05, 0) is 43.5 Å². The highest BCUT2D eigenvalue weighted by molar-refractivity contribution is 5.82. The summed E-state index contributed by atoms with van der Waals surface area (Å²) in [5, 5.41) is 7.07. The Morgan fingerprint density at radius 3 is 3.12 bits per heavy atom. The van der Waals surface area contributed by atoms with Crippen LogP contribution in [0.2, 0.25) is 0 Å². The molecule has 24 heavy (non-hydrogen) atoms. The first kappa shape index (κ1) is 14.9. The van der Waals surface area contributed by atoms with Crippen LogP contribution in [0.1, 0.15) is 35.8 Å². The Labute approximate surface area is 140 Å². The molecule has 0 saturated carbocycles. The number of hydrogen-bond acceptors (Lipinski definition) is 3. The summed E-state index contributed by atoms with van der Waals surface area (Å²) in [6.45, 7) is 3.55. The molecular formula is C18H21N5O. The predicted molar refractivity (Wildman–Crippen MR) is 91.7 cm³/mol. The lowest BCUT2D eigenvalue weighted by atomic mass is 9.94. The van der Waals surface area contributed by atoms with Crippen LogP contribution >= 0.6 is 0 Å². The number of carbonyl (C=O) groups excluding carboxylic acids is 1. The van der Waals surface area contributed by atoms with Gasteiger partial charge in [-0.15, -0.1) is 0 Å². The second kappa shape index (κ2) is 6.11. The number of aromatic amines is 2. The zero-order chi connectivity index (χ0) is 16.5. The Balaban J connectivity index is 1.46. The van der Waals surface area contributed by atoms with Crippen LogP contribution in [0.3, 0.4) is 0 Å². The van der Waals surface area contributed by atoms with Crippen LogP contribution in [-0.4, -0.2) is 44.1 Å². The van der Waals surface area contributed by atoms with Crippen LogP contribution in [0.5, 0.6) is 0 Å². The smallest absolute Gasteiger partial charge is 0.227 e. The lowest BCUT2D eigenvalue weighted by molar-refractivity contribution is -0.131. The summed E-state index contributed by atoms with van der Waals surface area (Å²) in [5.41, 5.74) is 4.09. The fourth-order valence-electron chi connectivity index (χ4n) is 3.53. The maximum atomic E-state index is 12.7. The van der Waals surface area contributed by atoms with Gasteiger partial charge in [0, 0.05) is 30.9 Å². The van der Waals surface area contributed by atoms with Crippen LogP contribution in [0.15, 0.2) is 30.5 Å². The molecule has 1 fully saturated rings. The molecule has 0 unspecified atom stereocenters. The number of piperidine rings is 1. The molecule has 2 N–H and O–H groups in total. The summed E-state index contributed by atoms with van der Waals surface area (Å²) < 4.78 is 0. The van der Waals surface area contributed by atoms with E-state index < -0.39 is 0 Å². The average Bonchev–Trinajstić information content (AvgIpc) is 3.23. The number of aromatic nitrogens is 4. The molecule has 1 atom stereocenters. The molecule has 2 aromatic heterocycles. The molecule has 124 valence electrons. The first-order valence-electron chi connectivity index (χ1n) is 8.41. The number of benzene rings is 1. The molecule has 3 heterocycles. The van der Waals surface area contributed by atoms with Gasteiger partial charge in [0.15, 0.2) is 0 Å². The van der Waals surface area contributed by atoms with Crippen LogP contribution in [-0.2, 0) is 11.2 Å². The van der Waals surface area contributed by atoms with Crippen molar-refractivity contribution >= 4 is 16.9 Å². The lowest BCUT2D eigenvalue weighted by Gasteiger charge is -2.32. The summed E-state index contributed by atoms with van der Waals surface area (Å²) >= 11 is 0. The molecule has 0 bridgehead atoms. The van der Waals surface area contributed by atoms with Gasteiger partial charge in [0.2, 0.25) is 5.91 Å². The van der Waals surface area contributed by atoms with E-state index in [1.54, 1.807) is 6.20 Å². The molecule has 6 nitrogen and oxygen atoms in total. The Hall–Kier alpha value is -2.63. The van der Waals surface area contributed by atoms with Crippen molar-refractivity contribution in [1.82, 2.24) is 25.1 Å². The first-order chi connectivity index (χ1) is 11.7. The molecule has 1 aromatic carbocycles. The van der Waals surface area contributed by atoms with E-state index in [-0.39, 0.29) is 5.91 Å². The number of nitrogens with one attached hydrogen (secondary N) is 2. The molecule has 4 rings (SSSR count). The monoisotopic (exact) mass is 323 g/mol. The molecule has 1 aliphatic rings. The number of hydrogen-bond donors (Lipinski definition) is 2. The molecule has 1 amide bonds. The van der Waals surface area contributed by atoms with Crippen molar-refractivity contribution in [2.75, 3.05) is 13.1 Å². The minimum absolute atomic E-state index is 0.190. The summed E-state index contributed by atoms with van der Waals surface area (Å²) in [6, 6.07) is 8.01. The first-order valence-corrected chi connectivity index (χ1v) is 8.41. The van der Waals surface area contributed by atoms with Crippen molar-refractivity contribution in [3.63, 3.8) is 0 Å². The summed E-state index contributed by atoms with van der Waals surface area (Å²) in [4.78, 5) is 22.3. The van der Waals surface area contributed by atoms with Crippen molar-refractivity contribution in [2.45, 2.75) is 32.1 Å². The van der Waals surface area contributed by atoms with Gasteiger partial charge in [0.1, 0.15) is 5.82 Å². The van der Waals surface area contributed by atoms with Crippen molar-refractivity contribution in [3.05, 3.63) is 47.5 Å². The average molecular weight is 323 g/mol. The highest BCUT2D eigenvalue weighted by atomic mass is 16.2. The molecule has 3 aromatic rings. The van der Waals surface area contributed by atoms with Crippen molar-refractivity contribution < 1.29 is 4.79 Å². The second-order valence-electron chi connectivity index (χ2n) is 6.54. The molecule has 0 aliphatic carbocycles. The molecule has 0 radical (unpaired) electrons. The van der Waals surface area contributed by atoms with Gasteiger partial charge in [-0.3, -0.25) is 9.89 Å². The minimum atomic E-state index is 0.190. The van der Waals surface area contributed by atoms with Crippen LogP contribution in [0.4, 0.5) is 0 Å². The van der Waals surface area contributed by atoms with E-state index in [0.29, 0.717) is 12.3 Å². The van der Waals surface area contributed by atoms with E-state index in [1.165, 1.54) is 0 Å². The zero-order valence-electron chi connectivity index (χ0n) is 13.7. The normalized spacial score (nSPS) is 18.2. The van der Waals surface area contributed by atoms with Gasteiger partial charge in [0.05, 0.1) is 17.5 Å². The van der Waals surface area contributed by atoms with Gasteiger partial charge in [-0.25, -0.2) is 4.98 Å². The highest BCUT2D eigenvalue weighted by Gasteiger charge is 2.25. The fourth-order valence-corrected chi connectivity index (χ4v) is 3.53. The Morgan fingerprint density at radius 2 is 2.29 bits per heavy atom. The molecule has 0 spiro atoms. The van der Waals surface area contributed by atoms with Gasteiger partial charge >= 0.3 is 0 Å². The van der Waals surface area contributed by atoms with E-state index >= 15 is 0 Å². The van der Waals surface area contributed by atoms with Crippen molar-refractivity contribution in [3.8, 4) is 0 Å². The van der Waals surface area contributed by atoms with Crippen molar-refractivity contribution in [2.24, 2.45) is 0 Å². The Kier molecular flexibility index (Phi) is 3.80. The minimum Gasteiger partial charge on any atom is -0.342 e. The zero-order valence-corrected chi connectivity index (χ0v) is 13.7. The third-order valence-electron chi connectivity index (χ3n) is 4.76. The van der Waals surface area contributed by atoms with Crippen molar-refractivity contribution in [1.29, 1.82) is 0 Å². The van der Waals surface area contributed by atoms with Gasteiger partial charge < -0.3 is 9.88 Å². The predicted octanol–water partition coefficient (Wildman–Crippen LogP) is 2.54. The van der Waals surface area contributed by atoms with Gasteiger partial charge in [-0.1, -0.05) is 6.07 Å². The van der Waals surface area contributed by atoms with E-state index in [1.807, 2.05) is 36.1 Å². The number of H-pyrrole nitrogens is 2. The maximum absolute atomic E-state index is 12.7. The molecule has 1 saturated heterocycles. The van der Waals surface area contributed by atoms with Crippen LogP contribution in [0.25, 0.3) is 11.0 Å². The number of fused-ring (bicyclic) bond motifs is 1. The largest absolute Gasteiger partial charge is 0.342 e. The maximum Gasteiger partial charge on any atom is 0.227 e. The number of aryl methyl sites for hydroxylation is 1. The molecule has 1 aliphatic heterocycles. The highest BCUT2D eigenvalue weighted by Crippen LogP contribution is 2.25. The van der Waals surface area contributed by atoms with Crippen LogP contribution < -0.4 is 0 Å². The summed E-state index contributed by atoms with van der Waals surface area (Å²) in [6.07, 6.45) is 4.35. The van der Waals surface area contributed by atoms with E-state index in [2.05, 4.69) is 20.2 Å². The van der Waals surface area contributed by atoms with Crippen LogP contribution in [0, 0.1) is 6.92 Å². The fraction of sp³-hybridized carbons (Fsp3) is 0.389. The van der Waals surface area contributed by atoms with Gasteiger partial charge in [0.25, 0.3) is 0 Å². The number of rotatable bonds is 3. The second-order valence-corrected chi connectivity index (χ2v) is 6.54. The summed E-state index contributed by atoms with van der Waals surface area (Å²) in [7, 11) is 0. The standard InChI is InChI=1S/C18H21N5O/c1-12-20-16-5-4-13(9-17(16)21-12)10-18(24)23-8-2-3-14(11-23)15-6-7-19-22-15/h4-7,9,14H,2-3,8,10-11H2,1H3,(H,19,22)(H,20,21)/t14-/m1/s1. The third kappa shape index (κ3) is 2.91. The van der Waals surface area contributed by atoms with E-state index in [0.717, 1.165) is 54.0 Å². The number of amides is 1. The Morgan fingerprint density at radius 1 is 1.38 bits per heavy atom. The number of imidazole rings is 1. The number of carbonyl (C=O) groups is 1.